The maximum absolute atomic E-state index is 11.9. The molecule has 0 atom stereocenters. The Kier molecular flexibility index (Phi) is 5.40. The van der Waals surface area contributed by atoms with Gasteiger partial charge < -0.3 is 26.6 Å². The van der Waals surface area contributed by atoms with Crippen molar-refractivity contribution in [2.75, 3.05) is 6.54 Å². The van der Waals surface area contributed by atoms with Gasteiger partial charge >= 0.3 is 5.66 Å². The molecule has 10 heteroatoms. The van der Waals surface area contributed by atoms with Gasteiger partial charge in [0.15, 0.2) is 0 Å². The highest BCUT2D eigenvalue weighted by Gasteiger charge is 2.58. The summed E-state index contributed by atoms with van der Waals surface area (Å²) in [5.74, 6) is -0.436. The highest BCUT2D eigenvalue weighted by atomic mass is 16.6. The molecule has 4 N–H and O–H groups in total. The van der Waals surface area contributed by atoms with Gasteiger partial charge in [-0.05, 0) is 12.5 Å². The predicted molar refractivity (Wildman–Crippen MR) is 70.7 cm³/mol. The van der Waals surface area contributed by atoms with Crippen LogP contribution >= 0.6 is 0 Å². The zero-order valence-corrected chi connectivity index (χ0v) is 11.3. The Labute approximate surface area is 120 Å². The van der Waals surface area contributed by atoms with Gasteiger partial charge in [-0.15, -0.1) is 0 Å². The molecule has 0 radical (unpaired) electrons. The molecule has 0 aliphatic carbocycles. The molecule has 1 rings (SSSR count). The summed E-state index contributed by atoms with van der Waals surface area (Å²) < 4.78 is 0. The summed E-state index contributed by atoms with van der Waals surface area (Å²) in [4.78, 5) is 3.11. The third-order valence-corrected chi connectivity index (χ3v) is 2.83. The summed E-state index contributed by atoms with van der Waals surface area (Å²) in [5, 5.41) is 46.1. The topological polar surface area (TPSA) is 156 Å². The van der Waals surface area contributed by atoms with Crippen molar-refractivity contribution in [1.29, 1.82) is 0 Å². The highest BCUT2D eigenvalue weighted by Crippen LogP contribution is 2.20. The number of amidine groups is 1. The number of hydrogen-bond donors (Lipinski definition) is 3. The molecule has 0 spiro atoms. The molecular weight excluding hydrogens is 280 g/mol. The van der Waals surface area contributed by atoms with E-state index in [4.69, 9.17) is 16.1 Å². The molecule has 0 aliphatic heterocycles. The molecule has 0 aromatic heterocycles. The van der Waals surface area contributed by atoms with E-state index >= 15 is 0 Å². The van der Waals surface area contributed by atoms with Gasteiger partial charge in [0.1, 0.15) is 6.42 Å². The largest absolute Gasteiger partial charge is 0.592 e. The van der Waals surface area contributed by atoms with Crippen molar-refractivity contribution < 1.29 is 20.1 Å². The van der Waals surface area contributed by atoms with Crippen LogP contribution in [0.1, 0.15) is 12.5 Å². The van der Waals surface area contributed by atoms with Gasteiger partial charge in [0.05, 0.1) is 0 Å². The number of hydroxylamine groups is 2. The minimum absolute atomic E-state index is 0.181. The summed E-state index contributed by atoms with van der Waals surface area (Å²) in [6.07, 6.45) is -0.301. The van der Waals surface area contributed by atoms with Crippen LogP contribution < -0.4 is 5.73 Å². The van der Waals surface area contributed by atoms with E-state index in [1.54, 1.807) is 37.3 Å². The first-order valence-electron chi connectivity index (χ1n) is 6.02. The summed E-state index contributed by atoms with van der Waals surface area (Å²) >= 11 is 0. The Morgan fingerprint density at radius 1 is 1.19 bits per heavy atom. The van der Waals surface area contributed by atoms with Gasteiger partial charge in [0, 0.05) is 16.3 Å². The first-order valence-corrected chi connectivity index (χ1v) is 6.02. The van der Waals surface area contributed by atoms with Crippen LogP contribution in [0.15, 0.2) is 45.9 Å². The van der Waals surface area contributed by atoms with Crippen LogP contribution in [0, 0.1) is 10.4 Å². The van der Waals surface area contributed by atoms with Gasteiger partial charge in [-0.2, -0.15) is 0 Å². The number of nitrogens with zero attached hydrogens (tertiary/aromatic N) is 5. The zero-order valence-electron chi connectivity index (χ0n) is 11.3. The highest BCUT2D eigenvalue weighted by molar-refractivity contribution is 5.87. The third kappa shape index (κ3) is 3.16. The van der Waals surface area contributed by atoms with E-state index in [1.165, 1.54) is 0 Å². The molecule has 114 valence electrons. The van der Waals surface area contributed by atoms with Crippen molar-refractivity contribution >= 4 is 5.84 Å². The third-order valence-electron chi connectivity index (χ3n) is 2.83. The molecule has 21 heavy (non-hydrogen) atoms. The van der Waals surface area contributed by atoms with Crippen LogP contribution in [0.5, 0.6) is 0 Å². The summed E-state index contributed by atoms with van der Waals surface area (Å²) in [5.41, 5.74) is 3.90. The predicted octanol–water partition coefficient (Wildman–Crippen LogP) is 1.01. The van der Waals surface area contributed by atoms with Crippen LogP contribution in [0.2, 0.25) is 0 Å². The molecule has 0 unspecified atom stereocenters. The van der Waals surface area contributed by atoms with Gasteiger partial charge in [-0.1, -0.05) is 30.3 Å². The maximum atomic E-state index is 11.9. The number of hydrogen-bond acceptors (Lipinski definition) is 5. The van der Waals surface area contributed by atoms with E-state index in [-0.39, 0.29) is 22.7 Å². The Morgan fingerprint density at radius 2 is 1.71 bits per heavy atom. The smallest absolute Gasteiger partial charge is 0.485 e. The number of rotatable bonds is 6. The van der Waals surface area contributed by atoms with Gasteiger partial charge in [-0.3, -0.25) is 4.99 Å². The first-order chi connectivity index (χ1) is 10.0. The first kappa shape index (κ1) is 16.1. The SMILES string of the molecule is CCN=C(N)C(Cc1ccccc1)(/[N+]([O-])=N/O)/[N+]([O-])=N/O. The van der Waals surface area contributed by atoms with E-state index in [0.29, 0.717) is 5.56 Å². The maximum Gasteiger partial charge on any atom is 0.485 e. The van der Waals surface area contributed by atoms with Crippen molar-refractivity contribution in [2.24, 2.45) is 21.3 Å². The normalized spacial score (nSPS) is 14.2. The minimum Gasteiger partial charge on any atom is -0.592 e. The number of benzene rings is 1. The molecule has 0 saturated carbocycles. The lowest BCUT2D eigenvalue weighted by molar-refractivity contribution is -0.823. The lowest BCUT2D eigenvalue weighted by atomic mass is 9.99. The fourth-order valence-electron chi connectivity index (χ4n) is 1.82. The van der Waals surface area contributed by atoms with E-state index in [2.05, 4.69) is 15.5 Å². The molecule has 10 nitrogen and oxygen atoms in total. The molecule has 0 fully saturated rings. The lowest BCUT2D eigenvalue weighted by Gasteiger charge is -2.22. The van der Waals surface area contributed by atoms with Crippen LogP contribution in [-0.2, 0) is 6.42 Å². The Morgan fingerprint density at radius 3 is 2.14 bits per heavy atom. The second-order valence-corrected chi connectivity index (χ2v) is 4.06. The monoisotopic (exact) mass is 296 g/mol. The average molecular weight is 296 g/mol. The Balaban J connectivity index is 3.48. The molecule has 0 bridgehead atoms. The van der Waals surface area contributed by atoms with Crippen molar-refractivity contribution in [2.45, 2.75) is 19.0 Å². The van der Waals surface area contributed by atoms with E-state index < -0.39 is 11.5 Å². The summed E-state index contributed by atoms with van der Waals surface area (Å²) in [6.45, 7) is 1.82. The second kappa shape index (κ2) is 7.03. The molecule has 0 heterocycles. The molecule has 0 amide bonds. The molecule has 0 saturated heterocycles. The van der Waals surface area contributed by atoms with Crippen LogP contribution in [0.3, 0.4) is 0 Å². The van der Waals surface area contributed by atoms with Gasteiger partial charge in [-0.25, -0.2) is 0 Å². The van der Waals surface area contributed by atoms with Crippen molar-refractivity contribution in [3.63, 3.8) is 0 Å². The second-order valence-electron chi connectivity index (χ2n) is 4.06. The van der Waals surface area contributed by atoms with Gasteiger partial charge in [0.2, 0.25) is 16.4 Å². The lowest BCUT2D eigenvalue weighted by Crippen LogP contribution is -2.59. The number of aliphatic imine (C=N–C) groups is 1. The van der Waals surface area contributed by atoms with E-state index in [9.17, 15) is 10.4 Å². The fourth-order valence-corrected chi connectivity index (χ4v) is 1.82. The van der Waals surface area contributed by atoms with Crippen LogP contribution in [0.4, 0.5) is 0 Å². The summed E-state index contributed by atoms with van der Waals surface area (Å²) in [7, 11) is 0. The standard InChI is InChI=1S/C11H16N6O4/c1-2-13-10(12)11(16(20)14-18,17(21)15-19)8-9-6-4-3-5-7-9/h3-7,18-19H,2,8H2,1H3,(H2,12,13)/b16-14-,17-15-. The molecule has 1 aromatic rings. The molecule has 1 aromatic carbocycles. The number of nitrogens with two attached hydrogens (primary N) is 1. The van der Waals surface area contributed by atoms with Gasteiger partial charge in [0.25, 0.3) is 0 Å². The van der Waals surface area contributed by atoms with Crippen molar-refractivity contribution in [3.05, 3.63) is 46.3 Å². The van der Waals surface area contributed by atoms with Crippen molar-refractivity contribution in [3.8, 4) is 0 Å². The van der Waals surface area contributed by atoms with Crippen LogP contribution in [0.25, 0.3) is 0 Å². The Bertz CT molecular complexity index is 539. The quantitative estimate of drug-likeness (QED) is 0.178. The summed E-state index contributed by atoms with van der Waals surface area (Å²) in [6, 6.07) is 8.37. The fraction of sp³-hybridized carbons (Fsp3) is 0.364. The van der Waals surface area contributed by atoms with E-state index in [1.807, 2.05) is 0 Å². The average Bonchev–Trinajstić information content (AvgIpc) is 2.52. The van der Waals surface area contributed by atoms with Crippen molar-refractivity contribution in [1.82, 2.24) is 0 Å². The molecular formula is C11H16N6O4. The molecule has 0 aliphatic rings. The minimum atomic E-state index is -2.32. The Hall–Kier alpha value is -2.91. The zero-order chi connectivity index (χ0) is 15.9. The van der Waals surface area contributed by atoms with E-state index in [0.717, 1.165) is 0 Å². The van der Waals surface area contributed by atoms with Crippen LogP contribution in [-0.4, -0.2) is 38.2 Å².